The van der Waals surface area contributed by atoms with Crippen LogP contribution in [0.5, 0.6) is 0 Å². The van der Waals surface area contributed by atoms with Crippen LogP contribution in [0.2, 0.25) is 0 Å². The van der Waals surface area contributed by atoms with E-state index >= 15 is 0 Å². The number of aryl methyl sites for hydroxylation is 3. The molecule has 0 saturated carbocycles. The monoisotopic (exact) mass is 935 g/mol. The van der Waals surface area contributed by atoms with Crippen molar-refractivity contribution in [1.29, 1.82) is 0 Å². The molecule has 1 aromatic rings. The lowest BCUT2D eigenvalue weighted by molar-refractivity contribution is 0.523. The zero-order valence-electron chi connectivity index (χ0n) is 47.2. The fourth-order valence-corrected chi connectivity index (χ4v) is 11.0. The topological polar surface area (TPSA) is 25.8 Å². The second kappa shape index (κ2) is 54.4. The number of nitrogens with zero attached hydrogens (tertiary/aromatic N) is 2. The average Bonchev–Trinajstić information content (AvgIpc) is 3.33. The number of hydrogen-bond donors (Lipinski definition) is 0. The van der Waals surface area contributed by atoms with Gasteiger partial charge >= 0.3 is 0 Å². The minimum Gasteiger partial charge on any atom is -0.238 e. The summed E-state index contributed by atoms with van der Waals surface area (Å²) in [4.78, 5) is 10.3. The first kappa shape index (κ1) is 64.1. The maximum absolute atomic E-state index is 5.16. The summed E-state index contributed by atoms with van der Waals surface area (Å²) < 4.78 is 0. The van der Waals surface area contributed by atoms with E-state index in [2.05, 4.69) is 27.7 Å². The summed E-state index contributed by atoms with van der Waals surface area (Å²) in [6.07, 6.45) is 81.3. The van der Waals surface area contributed by atoms with Crippen molar-refractivity contribution in [3.8, 4) is 0 Å². The second-order valence-corrected chi connectivity index (χ2v) is 22.4. The van der Waals surface area contributed by atoms with Crippen LogP contribution in [0, 0.1) is 6.92 Å². The molecule has 396 valence electrons. The molecule has 0 amide bonds. The Labute approximate surface area is 424 Å². The number of hydrogen-bond acceptors (Lipinski definition) is 2. The molecule has 0 aromatic carbocycles. The van der Waals surface area contributed by atoms with Gasteiger partial charge < -0.3 is 0 Å². The van der Waals surface area contributed by atoms with E-state index in [1.165, 1.54) is 377 Å². The third-order valence-corrected chi connectivity index (χ3v) is 15.6. The van der Waals surface area contributed by atoms with Crippen LogP contribution in [0.15, 0.2) is 0 Å². The SMILES string of the molecule is CCCCCCCCCCCCCCCCCCCCc1nc(C)nc(CCCCCCCCCCCCCCCCCCCC)c1CCCCCCCCCCCCCCCCCCCC. The normalized spacial score (nSPS) is 11.7. The Morgan fingerprint density at radius 3 is 0.522 bits per heavy atom. The Kier molecular flexibility index (Phi) is 52.1. The summed E-state index contributed by atoms with van der Waals surface area (Å²) in [6.45, 7) is 9.12. The molecule has 67 heavy (non-hydrogen) atoms. The van der Waals surface area contributed by atoms with E-state index in [1.807, 2.05) is 0 Å². The van der Waals surface area contributed by atoms with Gasteiger partial charge in [0.05, 0.1) is 0 Å². The summed E-state index contributed by atoms with van der Waals surface area (Å²) >= 11 is 0. The molecule has 0 aliphatic rings. The Bertz CT molecular complexity index is 1020. The first-order valence-electron chi connectivity index (χ1n) is 32.1. The van der Waals surface area contributed by atoms with Gasteiger partial charge in [0.2, 0.25) is 0 Å². The minimum absolute atomic E-state index is 1.02. The summed E-state index contributed by atoms with van der Waals surface area (Å²) in [5.74, 6) is 1.02. The Balaban J connectivity index is 2.34. The molecule has 0 N–H and O–H groups in total. The van der Waals surface area contributed by atoms with Crippen molar-refractivity contribution in [1.82, 2.24) is 9.97 Å². The van der Waals surface area contributed by atoms with Gasteiger partial charge in [0.15, 0.2) is 0 Å². The van der Waals surface area contributed by atoms with Gasteiger partial charge in [-0.1, -0.05) is 348 Å². The van der Waals surface area contributed by atoms with Crippen LogP contribution in [0.4, 0.5) is 0 Å². The van der Waals surface area contributed by atoms with Crippen LogP contribution in [0.3, 0.4) is 0 Å². The summed E-state index contributed by atoms with van der Waals surface area (Å²) in [5, 5.41) is 0. The highest BCUT2D eigenvalue weighted by atomic mass is 14.9. The van der Waals surface area contributed by atoms with Gasteiger partial charge in [-0.3, -0.25) is 0 Å². The molecule has 0 atom stereocenters. The third-order valence-electron chi connectivity index (χ3n) is 15.6. The molecule has 0 fully saturated rings. The van der Waals surface area contributed by atoms with E-state index in [-0.39, 0.29) is 0 Å². The molecular weight excluding hydrogens is 809 g/mol. The Morgan fingerprint density at radius 2 is 0.343 bits per heavy atom. The van der Waals surface area contributed by atoms with Crippen LogP contribution in [0.25, 0.3) is 0 Å². The number of unbranched alkanes of at least 4 members (excludes halogenated alkanes) is 51. The molecule has 0 aliphatic heterocycles. The standard InChI is InChI=1S/C65H126N2/c1-5-8-11-14-17-20-23-26-29-32-35-38-41-44-47-50-53-56-59-63-64(60-57-54-51-48-45-42-39-36-33-30-27-24-21-18-15-12-9-6-2)66-62(4)67-65(63)61-58-55-52-49-46-43-40-37-34-31-28-25-22-19-16-13-10-7-3/h5-61H2,1-4H3. The highest BCUT2D eigenvalue weighted by Gasteiger charge is 2.13. The lowest BCUT2D eigenvalue weighted by Crippen LogP contribution is -2.09. The molecule has 2 nitrogen and oxygen atoms in total. The zero-order valence-corrected chi connectivity index (χ0v) is 47.2. The quantitative estimate of drug-likeness (QED) is 0.0608. The van der Waals surface area contributed by atoms with Gasteiger partial charge in [-0.2, -0.15) is 0 Å². The number of aromatic nitrogens is 2. The fourth-order valence-electron chi connectivity index (χ4n) is 11.0. The van der Waals surface area contributed by atoms with Gasteiger partial charge in [0.25, 0.3) is 0 Å². The first-order valence-corrected chi connectivity index (χ1v) is 32.1. The molecule has 0 aliphatic carbocycles. The molecule has 0 bridgehead atoms. The second-order valence-electron chi connectivity index (χ2n) is 22.4. The summed E-state index contributed by atoms with van der Waals surface area (Å²) in [7, 11) is 0. The minimum atomic E-state index is 1.02. The maximum atomic E-state index is 5.16. The van der Waals surface area contributed by atoms with Gasteiger partial charge in [0.1, 0.15) is 5.82 Å². The fraction of sp³-hybridized carbons (Fsp3) is 0.938. The summed E-state index contributed by atoms with van der Waals surface area (Å²) in [6, 6.07) is 0. The van der Waals surface area contributed by atoms with E-state index in [0.717, 1.165) is 5.82 Å². The Morgan fingerprint density at radius 1 is 0.194 bits per heavy atom. The predicted molar refractivity (Wildman–Crippen MR) is 304 cm³/mol. The molecule has 2 heteroatoms. The van der Waals surface area contributed by atoms with Crippen LogP contribution < -0.4 is 0 Å². The van der Waals surface area contributed by atoms with Crippen molar-refractivity contribution in [2.24, 2.45) is 0 Å². The molecule has 1 aromatic heterocycles. The van der Waals surface area contributed by atoms with Crippen LogP contribution >= 0.6 is 0 Å². The van der Waals surface area contributed by atoms with Crippen LogP contribution in [-0.2, 0) is 19.3 Å². The molecule has 0 saturated heterocycles. The number of rotatable bonds is 57. The molecule has 1 rings (SSSR count). The summed E-state index contributed by atoms with van der Waals surface area (Å²) in [5.41, 5.74) is 4.42. The van der Waals surface area contributed by atoms with Crippen molar-refractivity contribution in [3.05, 3.63) is 22.8 Å². The van der Waals surface area contributed by atoms with Crippen molar-refractivity contribution >= 4 is 0 Å². The van der Waals surface area contributed by atoms with Gasteiger partial charge in [-0.25, -0.2) is 9.97 Å². The predicted octanol–water partition coefficient (Wildman–Crippen LogP) is 23.5. The van der Waals surface area contributed by atoms with E-state index in [0.29, 0.717) is 0 Å². The maximum Gasteiger partial charge on any atom is 0.125 e. The molecule has 0 radical (unpaired) electrons. The molecule has 0 spiro atoms. The highest BCUT2D eigenvalue weighted by molar-refractivity contribution is 5.27. The molecule has 0 unspecified atom stereocenters. The van der Waals surface area contributed by atoms with Gasteiger partial charge in [-0.15, -0.1) is 0 Å². The van der Waals surface area contributed by atoms with E-state index in [9.17, 15) is 0 Å². The lowest BCUT2D eigenvalue weighted by Gasteiger charge is -2.15. The van der Waals surface area contributed by atoms with E-state index in [1.54, 1.807) is 5.56 Å². The molecule has 1 heterocycles. The third kappa shape index (κ3) is 45.9. The van der Waals surface area contributed by atoms with Crippen LogP contribution in [-0.4, -0.2) is 9.97 Å². The van der Waals surface area contributed by atoms with Crippen molar-refractivity contribution in [3.63, 3.8) is 0 Å². The smallest absolute Gasteiger partial charge is 0.125 e. The zero-order chi connectivity index (χ0) is 48.0. The van der Waals surface area contributed by atoms with Crippen molar-refractivity contribution in [2.45, 2.75) is 394 Å². The van der Waals surface area contributed by atoms with Gasteiger partial charge in [0, 0.05) is 11.4 Å². The van der Waals surface area contributed by atoms with Gasteiger partial charge in [-0.05, 0) is 51.0 Å². The Hall–Kier alpha value is -0.920. The van der Waals surface area contributed by atoms with Crippen LogP contribution in [0.1, 0.15) is 390 Å². The van der Waals surface area contributed by atoms with Crippen molar-refractivity contribution < 1.29 is 0 Å². The van der Waals surface area contributed by atoms with E-state index < -0.39 is 0 Å². The average molecular weight is 936 g/mol. The van der Waals surface area contributed by atoms with Crippen molar-refractivity contribution in [2.75, 3.05) is 0 Å². The lowest BCUT2D eigenvalue weighted by atomic mass is 9.96. The highest BCUT2D eigenvalue weighted by Crippen LogP contribution is 2.23. The largest absolute Gasteiger partial charge is 0.238 e. The first-order chi connectivity index (χ1) is 33.2. The molecular formula is C65H126N2. The van der Waals surface area contributed by atoms with E-state index in [4.69, 9.17) is 9.97 Å².